The molecule has 4 nitrogen and oxygen atoms in total. The van der Waals surface area contributed by atoms with Crippen molar-refractivity contribution in [2.45, 2.75) is 31.8 Å². The Morgan fingerprint density at radius 2 is 2.10 bits per heavy atom. The van der Waals surface area contributed by atoms with E-state index in [4.69, 9.17) is 9.47 Å². The molecule has 1 fully saturated rings. The number of nitrogens with zero attached hydrogens (tertiary/aromatic N) is 1. The lowest BCUT2D eigenvalue weighted by molar-refractivity contribution is 0.137. The summed E-state index contributed by atoms with van der Waals surface area (Å²) in [6.07, 6.45) is 3.89. The number of methoxy groups -OCH3 is 2. The molecule has 0 amide bonds. The predicted octanol–water partition coefficient (Wildman–Crippen LogP) is 2.28. The first-order valence-electron chi connectivity index (χ1n) is 7.38. The van der Waals surface area contributed by atoms with Gasteiger partial charge in [0.1, 0.15) is 0 Å². The van der Waals surface area contributed by atoms with E-state index in [2.05, 4.69) is 16.3 Å². The van der Waals surface area contributed by atoms with Crippen LogP contribution in [0.25, 0.3) is 0 Å². The summed E-state index contributed by atoms with van der Waals surface area (Å²) in [6.45, 7) is 3.13. The van der Waals surface area contributed by atoms with Crippen LogP contribution in [-0.4, -0.2) is 45.3 Å². The Morgan fingerprint density at radius 1 is 1.25 bits per heavy atom. The molecule has 1 aliphatic rings. The quantitative estimate of drug-likeness (QED) is 0.865. The maximum Gasteiger partial charge on any atom is 0.165 e. The van der Waals surface area contributed by atoms with Gasteiger partial charge in [0.05, 0.1) is 14.2 Å². The van der Waals surface area contributed by atoms with Gasteiger partial charge in [0.25, 0.3) is 0 Å². The molecule has 0 saturated carbocycles. The van der Waals surface area contributed by atoms with Crippen molar-refractivity contribution in [3.63, 3.8) is 0 Å². The van der Waals surface area contributed by atoms with Gasteiger partial charge in [-0.25, -0.2) is 0 Å². The highest BCUT2D eigenvalue weighted by Crippen LogP contribution is 2.32. The van der Waals surface area contributed by atoms with E-state index in [0.29, 0.717) is 6.04 Å². The molecule has 0 aromatic heterocycles. The lowest BCUT2D eigenvalue weighted by Gasteiger charge is -2.36. The second-order valence-electron chi connectivity index (χ2n) is 5.33. The van der Waals surface area contributed by atoms with E-state index in [1.54, 1.807) is 14.2 Å². The fraction of sp³-hybridized carbons (Fsp3) is 0.625. The van der Waals surface area contributed by atoms with Crippen LogP contribution < -0.4 is 14.8 Å². The Hall–Kier alpha value is -1.26. The molecule has 1 saturated heterocycles. The van der Waals surface area contributed by atoms with Crippen molar-refractivity contribution in [1.29, 1.82) is 0 Å². The maximum atomic E-state index is 5.54. The van der Waals surface area contributed by atoms with Gasteiger partial charge in [0.15, 0.2) is 11.5 Å². The van der Waals surface area contributed by atoms with Gasteiger partial charge in [-0.2, -0.15) is 0 Å². The Balaban J connectivity index is 2.15. The topological polar surface area (TPSA) is 33.7 Å². The third-order valence-corrected chi connectivity index (χ3v) is 4.05. The van der Waals surface area contributed by atoms with Crippen molar-refractivity contribution in [3.05, 3.63) is 23.8 Å². The number of hydrogen-bond acceptors (Lipinski definition) is 4. The number of rotatable bonds is 6. The van der Waals surface area contributed by atoms with Crippen LogP contribution in [0.3, 0.4) is 0 Å². The third-order valence-electron chi connectivity index (χ3n) is 4.05. The molecule has 0 aliphatic carbocycles. The van der Waals surface area contributed by atoms with Crippen molar-refractivity contribution in [2.75, 3.05) is 34.4 Å². The van der Waals surface area contributed by atoms with Gasteiger partial charge >= 0.3 is 0 Å². The average molecular weight is 278 g/mol. The van der Waals surface area contributed by atoms with E-state index in [-0.39, 0.29) is 0 Å². The molecule has 0 spiro atoms. The molecule has 1 aromatic carbocycles. The number of ether oxygens (including phenoxy) is 2. The standard InChI is InChI=1S/C16H26N2O2/c1-17-11-14-8-4-5-10-18(14)12-13-7-6-9-15(19-2)16(13)20-3/h6-7,9,14,17H,4-5,8,10-12H2,1-3H3. The summed E-state index contributed by atoms with van der Waals surface area (Å²) in [6, 6.07) is 6.73. The normalized spacial score (nSPS) is 19.9. The molecule has 1 aromatic rings. The summed E-state index contributed by atoms with van der Waals surface area (Å²) in [5.41, 5.74) is 1.20. The fourth-order valence-corrected chi connectivity index (χ4v) is 3.03. The number of nitrogens with one attached hydrogen (secondary N) is 1. The molecular weight excluding hydrogens is 252 g/mol. The van der Waals surface area contributed by atoms with Crippen molar-refractivity contribution < 1.29 is 9.47 Å². The minimum Gasteiger partial charge on any atom is -0.493 e. The number of piperidine rings is 1. The zero-order valence-electron chi connectivity index (χ0n) is 12.8. The van der Waals surface area contributed by atoms with Gasteiger partial charge in [-0.15, -0.1) is 0 Å². The summed E-state index contributed by atoms with van der Waals surface area (Å²) in [7, 11) is 5.42. The molecular formula is C16H26N2O2. The number of likely N-dealkylation sites (N-methyl/N-ethyl adjacent to an activating group) is 1. The Morgan fingerprint density at radius 3 is 2.80 bits per heavy atom. The molecule has 0 radical (unpaired) electrons. The predicted molar refractivity (Wildman–Crippen MR) is 81.5 cm³/mol. The van der Waals surface area contributed by atoms with Crippen molar-refractivity contribution in [3.8, 4) is 11.5 Å². The lowest BCUT2D eigenvalue weighted by atomic mass is 10.0. The Labute approximate surface area is 122 Å². The van der Waals surface area contributed by atoms with Crippen LogP contribution in [0.15, 0.2) is 18.2 Å². The second kappa shape index (κ2) is 7.50. The van der Waals surface area contributed by atoms with Crippen molar-refractivity contribution >= 4 is 0 Å². The highest BCUT2D eigenvalue weighted by Gasteiger charge is 2.23. The minimum absolute atomic E-state index is 0.615. The van der Waals surface area contributed by atoms with Crippen LogP contribution in [0.2, 0.25) is 0 Å². The highest BCUT2D eigenvalue weighted by molar-refractivity contribution is 5.46. The fourth-order valence-electron chi connectivity index (χ4n) is 3.03. The zero-order valence-corrected chi connectivity index (χ0v) is 12.8. The molecule has 4 heteroatoms. The summed E-state index contributed by atoms with van der Waals surface area (Å²) < 4.78 is 10.9. The number of para-hydroxylation sites is 1. The van der Waals surface area contributed by atoms with Gasteiger partial charge in [-0.05, 0) is 32.5 Å². The molecule has 20 heavy (non-hydrogen) atoms. The maximum absolute atomic E-state index is 5.54. The average Bonchev–Trinajstić information content (AvgIpc) is 2.49. The molecule has 1 heterocycles. The van der Waals surface area contributed by atoms with E-state index < -0.39 is 0 Å². The van der Waals surface area contributed by atoms with Gasteiger partial charge in [0.2, 0.25) is 0 Å². The molecule has 1 atom stereocenters. The van der Waals surface area contributed by atoms with Crippen LogP contribution in [0.4, 0.5) is 0 Å². The SMILES string of the molecule is CNCC1CCCCN1Cc1cccc(OC)c1OC. The van der Waals surface area contributed by atoms with Gasteiger partial charge < -0.3 is 14.8 Å². The van der Waals surface area contributed by atoms with Crippen LogP contribution in [0, 0.1) is 0 Å². The number of benzene rings is 1. The van der Waals surface area contributed by atoms with Gasteiger partial charge in [-0.3, -0.25) is 4.90 Å². The molecule has 1 unspecified atom stereocenters. The van der Waals surface area contributed by atoms with E-state index in [1.165, 1.54) is 24.8 Å². The number of hydrogen-bond donors (Lipinski definition) is 1. The minimum atomic E-state index is 0.615. The van der Waals surface area contributed by atoms with E-state index in [0.717, 1.165) is 31.1 Å². The van der Waals surface area contributed by atoms with E-state index in [9.17, 15) is 0 Å². The molecule has 2 rings (SSSR count). The first-order chi connectivity index (χ1) is 9.80. The van der Waals surface area contributed by atoms with Crippen LogP contribution in [-0.2, 0) is 6.54 Å². The van der Waals surface area contributed by atoms with Gasteiger partial charge in [0, 0.05) is 24.7 Å². The monoisotopic (exact) mass is 278 g/mol. The summed E-state index contributed by atoms with van der Waals surface area (Å²) in [5.74, 6) is 1.68. The smallest absolute Gasteiger partial charge is 0.165 e. The molecule has 1 aliphatic heterocycles. The Bertz CT molecular complexity index is 421. The summed E-state index contributed by atoms with van der Waals surface area (Å²) in [5, 5.41) is 3.31. The van der Waals surface area contributed by atoms with Crippen molar-refractivity contribution in [2.24, 2.45) is 0 Å². The van der Waals surface area contributed by atoms with E-state index >= 15 is 0 Å². The van der Waals surface area contributed by atoms with Crippen LogP contribution >= 0.6 is 0 Å². The van der Waals surface area contributed by atoms with Crippen molar-refractivity contribution in [1.82, 2.24) is 10.2 Å². The van der Waals surface area contributed by atoms with Crippen LogP contribution in [0.5, 0.6) is 11.5 Å². The second-order valence-corrected chi connectivity index (χ2v) is 5.33. The molecule has 112 valence electrons. The van der Waals surface area contributed by atoms with Crippen LogP contribution in [0.1, 0.15) is 24.8 Å². The summed E-state index contributed by atoms with van der Waals surface area (Å²) in [4.78, 5) is 2.55. The third kappa shape index (κ3) is 3.44. The van der Waals surface area contributed by atoms with E-state index in [1.807, 2.05) is 19.2 Å². The highest BCUT2D eigenvalue weighted by atomic mass is 16.5. The first kappa shape index (κ1) is 15.1. The lowest BCUT2D eigenvalue weighted by Crippen LogP contribution is -2.44. The first-order valence-corrected chi connectivity index (χ1v) is 7.38. The summed E-state index contributed by atoms with van der Waals surface area (Å²) >= 11 is 0. The Kier molecular flexibility index (Phi) is 5.68. The number of likely N-dealkylation sites (tertiary alicyclic amines) is 1. The molecule has 1 N–H and O–H groups in total. The molecule has 0 bridgehead atoms. The van der Waals surface area contributed by atoms with Gasteiger partial charge in [-0.1, -0.05) is 18.6 Å². The largest absolute Gasteiger partial charge is 0.493 e. The zero-order chi connectivity index (χ0) is 14.4.